The summed E-state index contributed by atoms with van der Waals surface area (Å²) in [6.45, 7) is 6.05. The van der Waals surface area contributed by atoms with Crippen LogP contribution in [-0.2, 0) is 19.1 Å². The lowest BCUT2D eigenvalue weighted by atomic mass is 9.97. The fourth-order valence-corrected chi connectivity index (χ4v) is 3.96. The van der Waals surface area contributed by atoms with Crippen molar-refractivity contribution < 1.29 is 24.2 Å². The number of carbonyl (C=O) groups excluding carboxylic acids is 2. The third-order valence-electron chi connectivity index (χ3n) is 6.22. The Morgan fingerprint density at radius 3 is 2.65 bits per heavy atom. The Balaban J connectivity index is 1.54. The number of esters is 1. The Morgan fingerprint density at radius 1 is 1.19 bits per heavy atom. The van der Waals surface area contributed by atoms with Gasteiger partial charge in [-0.05, 0) is 26.2 Å². The van der Waals surface area contributed by atoms with Crippen molar-refractivity contribution >= 4 is 11.9 Å². The highest BCUT2D eigenvalue weighted by atomic mass is 16.6. The molecule has 0 aromatic carbocycles. The van der Waals surface area contributed by atoms with E-state index in [-0.39, 0.29) is 12.3 Å². The summed E-state index contributed by atoms with van der Waals surface area (Å²) in [6.07, 6.45) is 18.1. The van der Waals surface area contributed by atoms with Crippen LogP contribution >= 0.6 is 0 Å². The van der Waals surface area contributed by atoms with Crippen LogP contribution in [-0.4, -0.2) is 46.9 Å². The monoisotopic (exact) mass is 435 g/mol. The number of cyclic esters (lactones) is 1. The first kappa shape index (κ1) is 25.6. The fraction of sp³-hybridized carbons (Fsp3) is 0.760. The molecule has 1 unspecified atom stereocenters. The van der Waals surface area contributed by atoms with Crippen LogP contribution in [0.15, 0.2) is 24.3 Å². The summed E-state index contributed by atoms with van der Waals surface area (Å²) in [5.74, 6) is -0.755. The zero-order chi connectivity index (χ0) is 22.7. The molecule has 31 heavy (non-hydrogen) atoms. The van der Waals surface area contributed by atoms with Crippen LogP contribution in [0, 0.1) is 0 Å². The Morgan fingerprint density at radius 2 is 1.94 bits per heavy atom. The number of rotatable bonds is 15. The Bertz CT molecular complexity index is 631. The van der Waals surface area contributed by atoms with Gasteiger partial charge in [-0.25, -0.2) is 4.79 Å². The zero-order valence-electron chi connectivity index (χ0n) is 19.5. The third kappa shape index (κ3) is 9.56. The molecule has 2 fully saturated rings. The minimum absolute atomic E-state index is 0.0803. The van der Waals surface area contributed by atoms with E-state index in [0.717, 1.165) is 12.8 Å². The third-order valence-corrected chi connectivity index (χ3v) is 6.22. The van der Waals surface area contributed by atoms with Gasteiger partial charge >= 0.3 is 5.97 Å². The van der Waals surface area contributed by atoms with E-state index in [1.165, 1.54) is 38.5 Å². The lowest BCUT2D eigenvalue weighted by molar-refractivity contribution is -0.149. The molecule has 0 spiro atoms. The number of carbonyl (C=O) groups is 2. The molecular formula is C25H41NO5. The van der Waals surface area contributed by atoms with Gasteiger partial charge in [-0.1, -0.05) is 76.7 Å². The molecule has 2 aliphatic rings. The van der Waals surface area contributed by atoms with Gasteiger partial charge in [-0.2, -0.15) is 0 Å². The van der Waals surface area contributed by atoms with E-state index in [0.29, 0.717) is 25.0 Å². The summed E-state index contributed by atoms with van der Waals surface area (Å²) in [4.78, 5) is 24.0. The lowest BCUT2D eigenvalue weighted by Crippen LogP contribution is -2.39. The number of allylic oxidation sites excluding steroid dienone is 2. The molecular weight excluding hydrogens is 394 g/mol. The molecule has 0 radical (unpaired) electrons. The van der Waals surface area contributed by atoms with Crippen LogP contribution in [0.2, 0.25) is 0 Å². The molecule has 5 atom stereocenters. The van der Waals surface area contributed by atoms with Gasteiger partial charge < -0.3 is 19.9 Å². The highest BCUT2D eigenvalue weighted by Crippen LogP contribution is 2.31. The van der Waals surface area contributed by atoms with E-state index in [1.807, 2.05) is 26.0 Å². The van der Waals surface area contributed by atoms with Gasteiger partial charge in [0.2, 0.25) is 5.91 Å². The standard InChI is InChI=1S/C25H41NO5/c1-4-6-7-8-9-12-15-21-22(30-21)16-13-10-11-14-19(27)17-23(28)26-20-18-25(3,5-2)31-24(20)29/h10-11,13-14,19-22,27H,4-9,12,15-18H2,1-3H3,(H,26,28)/b13-10+,14-11-/t19-,20?,21+,22-,25-/m0/s1. The minimum Gasteiger partial charge on any atom is -0.458 e. The number of epoxide rings is 1. The summed E-state index contributed by atoms with van der Waals surface area (Å²) >= 11 is 0. The van der Waals surface area contributed by atoms with E-state index in [9.17, 15) is 14.7 Å². The van der Waals surface area contributed by atoms with Crippen LogP contribution in [0.25, 0.3) is 0 Å². The summed E-state index contributed by atoms with van der Waals surface area (Å²) in [7, 11) is 0. The number of unbranched alkanes of at least 4 members (excludes halogenated alkanes) is 5. The molecule has 6 nitrogen and oxygen atoms in total. The van der Waals surface area contributed by atoms with Crippen molar-refractivity contribution in [2.45, 2.75) is 121 Å². The first-order chi connectivity index (χ1) is 14.9. The Hall–Kier alpha value is -1.66. The van der Waals surface area contributed by atoms with E-state index in [4.69, 9.17) is 9.47 Å². The minimum atomic E-state index is -0.891. The van der Waals surface area contributed by atoms with E-state index in [2.05, 4.69) is 12.2 Å². The van der Waals surface area contributed by atoms with Crippen molar-refractivity contribution in [2.24, 2.45) is 0 Å². The predicted octanol–water partition coefficient (Wildman–Crippen LogP) is 4.36. The maximum Gasteiger partial charge on any atom is 0.329 e. The second-order valence-corrected chi connectivity index (χ2v) is 9.14. The van der Waals surface area contributed by atoms with Gasteiger partial charge in [0.25, 0.3) is 0 Å². The highest BCUT2D eigenvalue weighted by molar-refractivity contribution is 5.86. The molecule has 2 saturated heterocycles. The predicted molar refractivity (Wildman–Crippen MR) is 122 cm³/mol. The maximum atomic E-state index is 12.1. The molecule has 176 valence electrons. The number of hydrogen-bond donors (Lipinski definition) is 2. The van der Waals surface area contributed by atoms with Gasteiger partial charge in [0.1, 0.15) is 11.6 Å². The van der Waals surface area contributed by atoms with E-state index in [1.54, 1.807) is 12.2 Å². The van der Waals surface area contributed by atoms with Crippen LogP contribution < -0.4 is 5.32 Å². The second-order valence-electron chi connectivity index (χ2n) is 9.14. The summed E-state index contributed by atoms with van der Waals surface area (Å²) in [5.41, 5.74) is -0.517. The number of nitrogens with one attached hydrogen (secondary N) is 1. The molecule has 0 saturated carbocycles. The number of ether oxygens (including phenoxy) is 2. The summed E-state index contributed by atoms with van der Waals surface area (Å²) in [5, 5.41) is 12.7. The summed E-state index contributed by atoms with van der Waals surface area (Å²) in [6, 6.07) is -0.628. The van der Waals surface area contributed by atoms with Gasteiger partial charge in [0, 0.05) is 6.42 Å². The number of aliphatic hydroxyl groups excluding tert-OH is 1. The van der Waals surface area contributed by atoms with Crippen molar-refractivity contribution in [2.75, 3.05) is 0 Å². The Labute approximate surface area is 187 Å². The van der Waals surface area contributed by atoms with Crippen molar-refractivity contribution in [3.8, 4) is 0 Å². The average molecular weight is 436 g/mol. The SMILES string of the molecule is CCCCCCCC[C@H]1O[C@H]1C/C=C/C=C\[C@H](O)CC(=O)NC1C[C@](C)(CC)OC1=O. The topological polar surface area (TPSA) is 88.2 Å². The van der Waals surface area contributed by atoms with Gasteiger partial charge in [0.15, 0.2) is 0 Å². The van der Waals surface area contributed by atoms with Crippen molar-refractivity contribution in [3.63, 3.8) is 0 Å². The Kier molecular flexibility index (Phi) is 10.7. The van der Waals surface area contributed by atoms with E-state index >= 15 is 0 Å². The molecule has 6 heteroatoms. The van der Waals surface area contributed by atoms with E-state index < -0.39 is 23.7 Å². The number of hydrogen-bond acceptors (Lipinski definition) is 5. The average Bonchev–Trinajstić information content (AvgIpc) is 3.40. The highest BCUT2D eigenvalue weighted by Gasteiger charge is 2.42. The quantitative estimate of drug-likeness (QED) is 0.173. The fourth-order valence-electron chi connectivity index (χ4n) is 3.96. The van der Waals surface area contributed by atoms with Gasteiger partial charge in [-0.3, -0.25) is 4.79 Å². The number of aliphatic hydroxyl groups is 1. The molecule has 2 heterocycles. The molecule has 2 aliphatic heterocycles. The van der Waals surface area contributed by atoms with Gasteiger partial charge in [-0.15, -0.1) is 0 Å². The molecule has 0 aromatic rings. The molecule has 0 bridgehead atoms. The van der Waals surface area contributed by atoms with Crippen molar-refractivity contribution in [1.29, 1.82) is 0 Å². The largest absolute Gasteiger partial charge is 0.458 e. The lowest BCUT2D eigenvalue weighted by Gasteiger charge is -2.19. The molecule has 2 rings (SSSR count). The molecule has 1 amide bonds. The molecule has 0 aliphatic carbocycles. The second kappa shape index (κ2) is 13.0. The van der Waals surface area contributed by atoms with Crippen LogP contribution in [0.3, 0.4) is 0 Å². The molecule has 2 N–H and O–H groups in total. The first-order valence-electron chi connectivity index (χ1n) is 12.1. The summed E-state index contributed by atoms with van der Waals surface area (Å²) < 4.78 is 11.0. The smallest absolute Gasteiger partial charge is 0.329 e. The van der Waals surface area contributed by atoms with Crippen molar-refractivity contribution in [1.82, 2.24) is 5.32 Å². The number of amides is 1. The zero-order valence-corrected chi connectivity index (χ0v) is 19.5. The van der Waals surface area contributed by atoms with Gasteiger partial charge in [0.05, 0.1) is 24.7 Å². The van der Waals surface area contributed by atoms with Crippen LogP contribution in [0.4, 0.5) is 0 Å². The normalized spacial score (nSPS) is 28.9. The first-order valence-corrected chi connectivity index (χ1v) is 12.1. The van der Waals surface area contributed by atoms with Crippen molar-refractivity contribution in [3.05, 3.63) is 24.3 Å². The molecule has 0 aromatic heterocycles. The van der Waals surface area contributed by atoms with Crippen LogP contribution in [0.5, 0.6) is 0 Å². The van der Waals surface area contributed by atoms with Crippen LogP contribution in [0.1, 0.15) is 91.4 Å². The maximum absolute atomic E-state index is 12.1.